The molecule has 0 radical (unpaired) electrons. The number of carbonyl (C=O) groups excluding carboxylic acids is 1. The van der Waals surface area contributed by atoms with Gasteiger partial charge in [-0.15, -0.1) is 11.3 Å². The van der Waals surface area contributed by atoms with Crippen molar-refractivity contribution in [2.45, 2.75) is 31.8 Å². The zero-order valence-electron chi connectivity index (χ0n) is 10.3. The summed E-state index contributed by atoms with van der Waals surface area (Å²) in [7, 11) is 0. The lowest BCUT2D eigenvalue weighted by atomic mass is 10.1. The molecule has 0 bridgehead atoms. The van der Waals surface area contributed by atoms with E-state index in [0.29, 0.717) is 5.71 Å². The van der Waals surface area contributed by atoms with E-state index in [1.165, 1.54) is 18.3 Å². The van der Waals surface area contributed by atoms with Crippen molar-refractivity contribution in [3.63, 3.8) is 0 Å². The second-order valence-electron chi connectivity index (χ2n) is 4.08. The summed E-state index contributed by atoms with van der Waals surface area (Å²) in [6.45, 7) is 1.41. The van der Waals surface area contributed by atoms with E-state index in [2.05, 4.69) is 9.89 Å². The van der Waals surface area contributed by atoms with Crippen LogP contribution in [0.4, 0.5) is 8.78 Å². The van der Waals surface area contributed by atoms with Gasteiger partial charge in [0.2, 0.25) is 0 Å². The Balaban J connectivity index is 1.91. The van der Waals surface area contributed by atoms with Crippen molar-refractivity contribution < 1.29 is 23.1 Å². The molecule has 1 aromatic heterocycles. The maximum absolute atomic E-state index is 13.5. The van der Waals surface area contributed by atoms with Gasteiger partial charge in [0.05, 0.1) is 17.9 Å². The number of carbonyl (C=O) groups is 1. The van der Waals surface area contributed by atoms with Crippen LogP contribution in [0.5, 0.6) is 0 Å². The summed E-state index contributed by atoms with van der Waals surface area (Å²) in [5, 5.41) is 5.66. The van der Waals surface area contributed by atoms with Gasteiger partial charge in [-0.2, -0.15) is 8.78 Å². The maximum Gasteiger partial charge on any atom is 0.377 e. The van der Waals surface area contributed by atoms with Gasteiger partial charge in [-0.05, 0) is 18.4 Å². The monoisotopic (exact) mass is 289 g/mol. The van der Waals surface area contributed by atoms with Crippen LogP contribution >= 0.6 is 11.3 Å². The Bertz CT molecular complexity index is 473. The van der Waals surface area contributed by atoms with Crippen molar-refractivity contribution in [2.75, 3.05) is 6.61 Å². The molecule has 0 aliphatic carbocycles. The van der Waals surface area contributed by atoms with Gasteiger partial charge in [0.25, 0.3) is 0 Å². The van der Waals surface area contributed by atoms with Crippen LogP contribution in [0.25, 0.3) is 0 Å². The molecule has 1 unspecified atom stereocenters. The number of ether oxygens (including phenoxy) is 1. The first kappa shape index (κ1) is 13.9. The van der Waals surface area contributed by atoms with Crippen LogP contribution in [-0.2, 0) is 14.4 Å². The smallest absolute Gasteiger partial charge is 0.377 e. The standard InChI is InChI=1S/C12H13F2NO3S/c1-2-17-11(16)12(13,14)7-8-6-9(15-18-8)10-4-3-5-19-10/h3-5,8H,2,6-7H2,1H3. The zero-order chi connectivity index (χ0) is 13.9. The van der Waals surface area contributed by atoms with E-state index in [1.54, 1.807) is 0 Å². The number of rotatable bonds is 5. The molecule has 0 N–H and O–H groups in total. The first-order valence-electron chi connectivity index (χ1n) is 5.84. The van der Waals surface area contributed by atoms with Crippen LogP contribution in [-0.4, -0.2) is 30.3 Å². The molecule has 0 saturated heterocycles. The number of nitrogens with zero attached hydrogens (tertiary/aromatic N) is 1. The van der Waals surface area contributed by atoms with E-state index in [9.17, 15) is 13.6 Å². The molecule has 1 aliphatic rings. The lowest BCUT2D eigenvalue weighted by Gasteiger charge is -2.17. The summed E-state index contributed by atoms with van der Waals surface area (Å²) < 4.78 is 31.4. The minimum Gasteiger partial charge on any atom is -0.462 e. The van der Waals surface area contributed by atoms with E-state index < -0.39 is 24.4 Å². The van der Waals surface area contributed by atoms with Crippen molar-refractivity contribution in [2.24, 2.45) is 5.16 Å². The van der Waals surface area contributed by atoms with Gasteiger partial charge in [0.15, 0.2) is 0 Å². The van der Waals surface area contributed by atoms with Crippen LogP contribution in [0.15, 0.2) is 22.7 Å². The number of hydrogen-bond donors (Lipinski definition) is 0. The Morgan fingerprint density at radius 3 is 3.11 bits per heavy atom. The summed E-state index contributed by atoms with van der Waals surface area (Å²) in [6.07, 6.45) is -1.24. The van der Waals surface area contributed by atoms with Gasteiger partial charge >= 0.3 is 11.9 Å². The van der Waals surface area contributed by atoms with Crippen LogP contribution in [0.3, 0.4) is 0 Å². The highest BCUT2D eigenvalue weighted by Gasteiger charge is 2.44. The van der Waals surface area contributed by atoms with Crippen molar-refractivity contribution in [1.29, 1.82) is 0 Å². The fourth-order valence-corrected chi connectivity index (χ4v) is 2.45. The van der Waals surface area contributed by atoms with E-state index in [0.717, 1.165) is 4.88 Å². The second kappa shape index (κ2) is 5.64. The van der Waals surface area contributed by atoms with E-state index >= 15 is 0 Å². The van der Waals surface area contributed by atoms with Crippen LogP contribution in [0.2, 0.25) is 0 Å². The molecule has 1 aliphatic heterocycles. The van der Waals surface area contributed by atoms with Gasteiger partial charge in [-0.1, -0.05) is 11.2 Å². The van der Waals surface area contributed by atoms with E-state index in [-0.39, 0.29) is 13.0 Å². The molecule has 4 nitrogen and oxygen atoms in total. The Hall–Kier alpha value is -1.50. The van der Waals surface area contributed by atoms with Gasteiger partial charge in [-0.25, -0.2) is 4.79 Å². The molecule has 0 spiro atoms. The number of esters is 1. The van der Waals surface area contributed by atoms with Crippen molar-refractivity contribution >= 4 is 23.0 Å². The average Bonchev–Trinajstić information content (AvgIpc) is 2.98. The minimum atomic E-state index is -3.54. The van der Waals surface area contributed by atoms with Crippen molar-refractivity contribution in [1.82, 2.24) is 0 Å². The maximum atomic E-state index is 13.5. The third-order valence-corrected chi connectivity index (χ3v) is 3.52. The third kappa shape index (κ3) is 3.28. The quantitative estimate of drug-likeness (QED) is 0.783. The Morgan fingerprint density at radius 1 is 1.68 bits per heavy atom. The Kier molecular flexibility index (Phi) is 4.14. The minimum absolute atomic E-state index is 0.0725. The first-order chi connectivity index (χ1) is 9.03. The van der Waals surface area contributed by atoms with Gasteiger partial charge < -0.3 is 9.57 Å². The average molecular weight is 289 g/mol. The number of oxime groups is 1. The normalized spacial score (nSPS) is 18.9. The highest BCUT2D eigenvalue weighted by atomic mass is 32.1. The molecule has 1 aromatic rings. The predicted octanol–water partition coefficient (Wildman–Crippen LogP) is 2.83. The Labute approximate surface area is 113 Å². The number of alkyl halides is 2. The zero-order valence-corrected chi connectivity index (χ0v) is 11.1. The molecule has 19 heavy (non-hydrogen) atoms. The predicted molar refractivity (Wildman–Crippen MR) is 66.5 cm³/mol. The van der Waals surface area contributed by atoms with Gasteiger partial charge in [0.1, 0.15) is 11.8 Å². The first-order valence-corrected chi connectivity index (χ1v) is 6.72. The summed E-state index contributed by atoms with van der Waals surface area (Å²) in [4.78, 5) is 17.0. The van der Waals surface area contributed by atoms with Crippen molar-refractivity contribution in [3.05, 3.63) is 22.4 Å². The van der Waals surface area contributed by atoms with Crippen LogP contribution in [0.1, 0.15) is 24.6 Å². The number of thiophene rings is 1. The largest absolute Gasteiger partial charge is 0.462 e. The summed E-state index contributed by atoms with van der Waals surface area (Å²) >= 11 is 1.46. The molecule has 1 atom stereocenters. The van der Waals surface area contributed by atoms with Crippen LogP contribution in [0, 0.1) is 0 Å². The summed E-state index contributed by atoms with van der Waals surface area (Å²) in [5.41, 5.74) is 0.639. The Morgan fingerprint density at radius 2 is 2.47 bits per heavy atom. The van der Waals surface area contributed by atoms with Crippen LogP contribution < -0.4 is 0 Å². The van der Waals surface area contributed by atoms with E-state index in [1.807, 2.05) is 17.5 Å². The molecule has 7 heteroatoms. The molecule has 0 aromatic carbocycles. The van der Waals surface area contributed by atoms with E-state index in [4.69, 9.17) is 4.84 Å². The number of halogens is 2. The highest BCUT2D eigenvalue weighted by molar-refractivity contribution is 7.12. The lowest BCUT2D eigenvalue weighted by Crippen LogP contribution is -2.34. The summed E-state index contributed by atoms with van der Waals surface area (Å²) in [5.74, 6) is -5.05. The SMILES string of the molecule is CCOC(=O)C(F)(F)CC1CC(c2cccs2)=NO1. The van der Waals surface area contributed by atoms with Crippen molar-refractivity contribution in [3.8, 4) is 0 Å². The number of hydrogen-bond acceptors (Lipinski definition) is 5. The second-order valence-corrected chi connectivity index (χ2v) is 5.02. The molecule has 104 valence electrons. The van der Waals surface area contributed by atoms with Gasteiger partial charge in [0, 0.05) is 6.42 Å². The third-order valence-electron chi connectivity index (χ3n) is 2.60. The lowest BCUT2D eigenvalue weighted by molar-refractivity contribution is -0.176. The fourth-order valence-electron chi connectivity index (χ4n) is 1.73. The molecule has 2 rings (SSSR count). The topological polar surface area (TPSA) is 47.9 Å². The molecular formula is C12H13F2NO3S. The highest BCUT2D eigenvalue weighted by Crippen LogP contribution is 2.29. The molecule has 0 saturated carbocycles. The summed E-state index contributed by atoms with van der Waals surface area (Å²) in [6, 6.07) is 3.70. The molecular weight excluding hydrogens is 276 g/mol. The van der Waals surface area contributed by atoms with Gasteiger partial charge in [-0.3, -0.25) is 0 Å². The molecule has 2 heterocycles. The molecule has 0 amide bonds. The molecule has 0 fully saturated rings. The fraction of sp³-hybridized carbons (Fsp3) is 0.500.